The van der Waals surface area contributed by atoms with Gasteiger partial charge in [0.2, 0.25) is 0 Å². The van der Waals surface area contributed by atoms with Crippen LogP contribution in [0.3, 0.4) is 0 Å². The maximum Gasteiger partial charge on any atom is 0.278 e. The fourth-order valence-corrected chi connectivity index (χ4v) is 3.54. The molecule has 0 bridgehead atoms. The van der Waals surface area contributed by atoms with E-state index in [9.17, 15) is 4.79 Å². The molecule has 0 aromatic heterocycles. The van der Waals surface area contributed by atoms with Gasteiger partial charge in [0.05, 0.1) is 18.4 Å². The zero-order valence-electron chi connectivity index (χ0n) is 16.1. The van der Waals surface area contributed by atoms with Gasteiger partial charge in [-0.25, -0.2) is 5.01 Å². The highest BCUT2D eigenvalue weighted by Crippen LogP contribution is 2.36. The first kappa shape index (κ1) is 19.0. The lowest BCUT2D eigenvalue weighted by Crippen LogP contribution is -2.40. The average molecular weight is 406 g/mol. The highest BCUT2D eigenvalue weighted by molar-refractivity contribution is 6.31. The van der Waals surface area contributed by atoms with Crippen molar-refractivity contribution in [2.75, 3.05) is 12.4 Å². The summed E-state index contributed by atoms with van der Waals surface area (Å²) in [5.74, 6) is 0.581. The minimum atomic E-state index is -0.515. The van der Waals surface area contributed by atoms with Gasteiger partial charge in [-0.1, -0.05) is 41.9 Å². The summed E-state index contributed by atoms with van der Waals surface area (Å²) in [6.07, 6.45) is -0.515. The third kappa shape index (κ3) is 3.69. The molecule has 0 spiro atoms. The first-order valence-electron chi connectivity index (χ1n) is 9.21. The van der Waals surface area contributed by atoms with Crippen LogP contribution in [0.1, 0.15) is 34.6 Å². The summed E-state index contributed by atoms with van der Waals surface area (Å²) in [6, 6.07) is 22.4. The van der Waals surface area contributed by atoms with E-state index in [2.05, 4.69) is 10.4 Å². The minimum Gasteiger partial charge on any atom is -0.497 e. The van der Waals surface area contributed by atoms with Gasteiger partial charge < -0.3 is 10.1 Å². The van der Waals surface area contributed by atoms with Crippen LogP contribution >= 0.6 is 11.6 Å². The number of hydrogen-bond acceptors (Lipinski definition) is 4. The number of para-hydroxylation sites is 1. The Morgan fingerprint density at radius 1 is 1.03 bits per heavy atom. The molecule has 29 heavy (non-hydrogen) atoms. The predicted molar refractivity (Wildman–Crippen MR) is 116 cm³/mol. The number of hydrazone groups is 1. The number of amides is 1. The molecule has 0 saturated heterocycles. The second-order valence-corrected chi connectivity index (χ2v) is 7.08. The maximum absolute atomic E-state index is 13.3. The Bertz CT molecular complexity index is 1080. The van der Waals surface area contributed by atoms with Crippen LogP contribution in [0.15, 0.2) is 77.9 Å². The molecule has 0 aliphatic carbocycles. The van der Waals surface area contributed by atoms with Crippen molar-refractivity contribution in [1.29, 1.82) is 0 Å². The van der Waals surface area contributed by atoms with Gasteiger partial charge in [-0.2, -0.15) is 5.10 Å². The van der Waals surface area contributed by atoms with E-state index < -0.39 is 6.17 Å². The molecule has 3 aromatic carbocycles. The number of ether oxygens (including phenoxy) is 1. The van der Waals surface area contributed by atoms with Crippen molar-refractivity contribution in [2.45, 2.75) is 13.1 Å². The zero-order chi connectivity index (χ0) is 20.4. The Hall–Kier alpha value is -3.31. The third-order valence-corrected chi connectivity index (χ3v) is 5.21. The highest BCUT2D eigenvalue weighted by atomic mass is 35.5. The number of nitrogens with zero attached hydrogens (tertiary/aromatic N) is 2. The fourth-order valence-electron chi connectivity index (χ4n) is 3.31. The molecule has 1 heterocycles. The molecular formula is C23H20ClN3O2. The Morgan fingerprint density at radius 2 is 1.72 bits per heavy atom. The predicted octanol–water partition coefficient (Wildman–Crippen LogP) is 5.34. The molecule has 6 heteroatoms. The van der Waals surface area contributed by atoms with Gasteiger partial charge in [0, 0.05) is 16.3 Å². The molecule has 0 unspecified atom stereocenters. The number of hydrogen-bond donors (Lipinski definition) is 1. The van der Waals surface area contributed by atoms with E-state index in [0.717, 1.165) is 22.6 Å². The van der Waals surface area contributed by atoms with E-state index in [1.165, 1.54) is 5.01 Å². The van der Waals surface area contributed by atoms with Crippen LogP contribution in [0.2, 0.25) is 5.02 Å². The Kier molecular flexibility index (Phi) is 5.23. The maximum atomic E-state index is 13.3. The summed E-state index contributed by atoms with van der Waals surface area (Å²) in [5.41, 5.74) is 3.72. The summed E-state index contributed by atoms with van der Waals surface area (Å²) in [6.45, 7) is 1.87. The first-order chi connectivity index (χ1) is 14.1. The normalized spacial score (nSPS) is 16.2. The van der Waals surface area contributed by atoms with E-state index >= 15 is 0 Å². The molecule has 1 N–H and O–H groups in total. The van der Waals surface area contributed by atoms with Crippen LogP contribution in [0.25, 0.3) is 0 Å². The second kappa shape index (κ2) is 7.97. The van der Waals surface area contributed by atoms with Gasteiger partial charge in [-0.3, -0.25) is 4.79 Å². The Morgan fingerprint density at radius 3 is 2.45 bits per heavy atom. The number of carbonyl (C=O) groups is 1. The fraction of sp³-hybridized carbons (Fsp3) is 0.130. The van der Waals surface area contributed by atoms with E-state index in [0.29, 0.717) is 16.3 Å². The van der Waals surface area contributed by atoms with Crippen LogP contribution in [-0.2, 0) is 0 Å². The number of methoxy groups -OCH3 is 1. The van der Waals surface area contributed by atoms with Crippen molar-refractivity contribution in [3.8, 4) is 5.75 Å². The van der Waals surface area contributed by atoms with Crippen LogP contribution in [0, 0.1) is 0 Å². The van der Waals surface area contributed by atoms with Gasteiger partial charge in [-0.05, 0) is 55.0 Å². The molecule has 1 aliphatic rings. The summed E-state index contributed by atoms with van der Waals surface area (Å²) in [5, 5.41) is 10.1. The summed E-state index contributed by atoms with van der Waals surface area (Å²) < 4.78 is 5.21. The molecule has 0 saturated carbocycles. The summed E-state index contributed by atoms with van der Waals surface area (Å²) in [7, 11) is 1.62. The SMILES string of the molecule is COc1ccc(/C(C)=N\N2C(=O)c3ccccc3N[C@H]2c2ccccc2Cl)cc1. The number of rotatable bonds is 4. The first-order valence-corrected chi connectivity index (χ1v) is 9.59. The third-order valence-electron chi connectivity index (χ3n) is 4.87. The van der Waals surface area contributed by atoms with Gasteiger partial charge in [0.1, 0.15) is 5.75 Å². The summed E-state index contributed by atoms with van der Waals surface area (Å²) in [4.78, 5) is 13.3. The molecule has 3 aromatic rings. The minimum absolute atomic E-state index is 0.183. The smallest absolute Gasteiger partial charge is 0.278 e. The Balaban J connectivity index is 1.78. The topological polar surface area (TPSA) is 53.9 Å². The zero-order valence-corrected chi connectivity index (χ0v) is 16.9. The van der Waals surface area contributed by atoms with Crippen molar-refractivity contribution < 1.29 is 9.53 Å². The lowest BCUT2D eigenvalue weighted by Gasteiger charge is -2.35. The number of benzene rings is 3. The van der Waals surface area contributed by atoms with Crippen molar-refractivity contribution in [1.82, 2.24) is 5.01 Å². The van der Waals surface area contributed by atoms with Crippen LogP contribution in [0.4, 0.5) is 5.69 Å². The van der Waals surface area contributed by atoms with Crippen LogP contribution < -0.4 is 10.1 Å². The molecule has 4 rings (SSSR count). The number of anilines is 1. The standard InChI is InChI=1S/C23H20ClN3O2/c1-15(16-11-13-17(29-2)14-12-16)26-27-22(18-7-3-5-9-20(18)24)25-21-10-6-4-8-19(21)23(27)28/h3-14,22,25H,1-2H3/b26-15-/t22-/m1/s1. The van der Waals surface area contributed by atoms with Crippen LogP contribution in [-0.4, -0.2) is 23.7 Å². The lowest BCUT2D eigenvalue weighted by atomic mass is 10.0. The molecular weight excluding hydrogens is 386 g/mol. The van der Waals surface area contributed by atoms with E-state index in [-0.39, 0.29) is 5.91 Å². The van der Waals surface area contributed by atoms with E-state index in [1.807, 2.05) is 73.7 Å². The molecule has 0 radical (unpaired) electrons. The average Bonchev–Trinajstić information content (AvgIpc) is 2.76. The van der Waals surface area contributed by atoms with Crippen molar-refractivity contribution in [2.24, 2.45) is 5.10 Å². The summed E-state index contributed by atoms with van der Waals surface area (Å²) >= 11 is 6.44. The van der Waals surface area contributed by atoms with Crippen molar-refractivity contribution in [3.05, 3.63) is 94.5 Å². The molecule has 146 valence electrons. The van der Waals surface area contributed by atoms with Crippen LogP contribution in [0.5, 0.6) is 5.75 Å². The van der Waals surface area contributed by atoms with Gasteiger partial charge in [-0.15, -0.1) is 0 Å². The van der Waals surface area contributed by atoms with Gasteiger partial charge in [0.15, 0.2) is 6.17 Å². The number of carbonyl (C=O) groups excluding carboxylic acids is 1. The Labute approximate surface area is 174 Å². The monoisotopic (exact) mass is 405 g/mol. The number of halogens is 1. The number of nitrogens with one attached hydrogen (secondary N) is 1. The largest absolute Gasteiger partial charge is 0.497 e. The lowest BCUT2D eigenvalue weighted by molar-refractivity contribution is 0.0690. The highest BCUT2D eigenvalue weighted by Gasteiger charge is 2.34. The molecule has 1 atom stereocenters. The molecule has 1 amide bonds. The van der Waals surface area contributed by atoms with Gasteiger partial charge in [0.25, 0.3) is 5.91 Å². The van der Waals surface area contributed by atoms with Crippen molar-refractivity contribution >= 4 is 28.9 Å². The molecule has 1 aliphatic heterocycles. The number of fused-ring (bicyclic) bond motifs is 1. The van der Waals surface area contributed by atoms with E-state index in [4.69, 9.17) is 16.3 Å². The molecule has 5 nitrogen and oxygen atoms in total. The van der Waals surface area contributed by atoms with E-state index in [1.54, 1.807) is 13.2 Å². The van der Waals surface area contributed by atoms with Gasteiger partial charge >= 0.3 is 0 Å². The molecule has 0 fully saturated rings. The quantitative estimate of drug-likeness (QED) is 0.596. The van der Waals surface area contributed by atoms with Crippen molar-refractivity contribution in [3.63, 3.8) is 0 Å². The second-order valence-electron chi connectivity index (χ2n) is 6.68.